The van der Waals surface area contributed by atoms with Gasteiger partial charge in [-0.25, -0.2) is 9.97 Å². The molecule has 3 rings (SSSR count). The van der Waals surface area contributed by atoms with Crippen molar-refractivity contribution < 1.29 is 4.74 Å². The van der Waals surface area contributed by atoms with E-state index in [0.717, 1.165) is 28.3 Å². The zero-order chi connectivity index (χ0) is 13.9. The Kier molecular flexibility index (Phi) is 3.20. The molecule has 0 spiro atoms. The maximum absolute atomic E-state index is 5.60. The molecule has 6 heteroatoms. The lowest BCUT2D eigenvalue weighted by Crippen LogP contribution is -2.00. The molecule has 102 valence electrons. The van der Waals surface area contributed by atoms with Gasteiger partial charge in [0.1, 0.15) is 17.9 Å². The van der Waals surface area contributed by atoms with E-state index in [2.05, 4.69) is 20.4 Å². The summed E-state index contributed by atoms with van der Waals surface area (Å²) in [6.45, 7) is 2.57. The Morgan fingerprint density at radius 1 is 1.25 bits per heavy atom. The molecule has 1 aromatic carbocycles. The van der Waals surface area contributed by atoms with Crippen LogP contribution >= 0.6 is 0 Å². The van der Waals surface area contributed by atoms with E-state index in [-0.39, 0.29) is 0 Å². The maximum Gasteiger partial charge on any atom is 0.163 e. The summed E-state index contributed by atoms with van der Waals surface area (Å²) in [4.78, 5) is 8.51. The lowest BCUT2D eigenvalue weighted by Gasteiger charge is -2.11. The number of nitrogens with one attached hydrogen (secondary N) is 1. The quantitative estimate of drug-likeness (QED) is 0.788. The van der Waals surface area contributed by atoms with Gasteiger partial charge >= 0.3 is 0 Å². The molecule has 0 atom stereocenters. The normalized spacial score (nSPS) is 10.7. The molecule has 0 aliphatic rings. The van der Waals surface area contributed by atoms with Crippen LogP contribution in [0.5, 0.6) is 5.75 Å². The minimum atomic E-state index is 0.616. The number of ether oxygens (including phenoxy) is 1. The van der Waals surface area contributed by atoms with Gasteiger partial charge in [0.2, 0.25) is 0 Å². The van der Waals surface area contributed by atoms with Crippen molar-refractivity contribution in [2.75, 3.05) is 11.9 Å². The number of para-hydroxylation sites is 2. The first-order valence-electron chi connectivity index (χ1n) is 6.41. The number of hydrogen-bond acceptors (Lipinski definition) is 5. The van der Waals surface area contributed by atoms with Crippen molar-refractivity contribution in [2.24, 2.45) is 7.05 Å². The Hall–Kier alpha value is -2.63. The summed E-state index contributed by atoms with van der Waals surface area (Å²) in [6, 6.07) is 7.77. The third-order valence-corrected chi connectivity index (χ3v) is 2.97. The smallest absolute Gasteiger partial charge is 0.163 e. The van der Waals surface area contributed by atoms with E-state index in [0.29, 0.717) is 6.61 Å². The first-order valence-corrected chi connectivity index (χ1v) is 6.41. The van der Waals surface area contributed by atoms with E-state index in [1.807, 2.05) is 38.2 Å². The summed E-state index contributed by atoms with van der Waals surface area (Å²) in [5.41, 5.74) is 1.66. The summed E-state index contributed by atoms with van der Waals surface area (Å²) in [7, 11) is 1.85. The number of nitrogens with zero attached hydrogens (tertiary/aromatic N) is 4. The molecule has 20 heavy (non-hydrogen) atoms. The van der Waals surface area contributed by atoms with Crippen LogP contribution in [0.15, 0.2) is 36.8 Å². The molecular formula is C14H15N5O. The molecule has 0 fully saturated rings. The fraction of sp³-hybridized carbons (Fsp3) is 0.214. The van der Waals surface area contributed by atoms with Crippen molar-refractivity contribution in [3.05, 3.63) is 36.8 Å². The van der Waals surface area contributed by atoms with Crippen molar-refractivity contribution in [1.82, 2.24) is 19.7 Å². The highest BCUT2D eigenvalue weighted by Crippen LogP contribution is 2.29. The van der Waals surface area contributed by atoms with Gasteiger partial charge in [-0.1, -0.05) is 12.1 Å². The van der Waals surface area contributed by atoms with E-state index in [1.54, 1.807) is 10.9 Å². The van der Waals surface area contributed by atoms with E-state index < -0.39 is 0 Å². The lowest BCUT2D eigenvalue weighted by atomic mass is 10.3. The van der Waals surface area contributed by atoms with Gasteiger partial charge in [-0.3, -0.25) is 4.68 Å². The van der Waals surface area contributed by atoms with Gasteiger partial charge in [0.05, 0.1) is 23.9 Å². The first-order chi connectivity index (χ1) is 9.79. The predicted molar refractivity (Wildman–Crippen MR) is 77.2 cm³/mol. The van der Waals surface area contributed by atoms with Crippen molar-refractivity contribution in [3.8, 4) is 5.75 Å². The molecule has 2 heterocycles. The Morgan fingerprint density at radius 3 is 2.95 bits per heavy atom. The highest BCUT2D eigenvalue weighted by Gasteiger charge is 2.10. The third kappa shape index (κ3) is 2.16. The van der Waals surface area contributed by atoms with E-state index in [4.69, 9.17) is 4.74 Å². The van der Waals surface area contributed by atoms with E-state index in [1.165, 1.54) is 6.33 Å². The second-order valence-electron chi connectivity index (χ2n) is 4.28. The fourth-order valence-corrected chi connectivity index (χ4v) is 2.04. The first kappa shape index (κ1) is 12.4. The van der Waals surface area contributed by atoms with Crippen LogP contribution in [0.3, 0.4) is 0 Å². The van der Waals surface area contributed by atoms with Gasteiger partial charge in [0.25, 0.3) is 0 Å². The summed E-state index contributed by atoms with van der Waals surface area (Å²) in [5, 5.41) is 8.36. The molecule has 2 aromatic heterocycles. The molecule has 0 amide bonds. The molecule has 0 saturated carbocycles. The minimum Gasteiger partial charge on any atom is -0.492 e. The second-order valence-corrected chi connectivity index (χ2v) is 4.28. The summed E-state index contributed by atoms with van der Waals surface area (Å²) < 4.78 is 7.32. The van der Waals surface area contributed by atoms with Gasteiger partial charge in [-0.05, 0) is 19.1 Å². The van der Waals surface area contributed by atoms with Gasteiger partial charge in [0, 0.05) is 7.05 Å². The standard InChI is InChI=1S/C14H15N5O/c1-3-20-12-7-5-4-6-11(12)18-13-10-8-17-19(2)14(10)16-9-15-13/h4-9H,3H2,1-2H3,(H,15,16,18). The SMILES string of the molecule is CCOc1ccccc1Nc1ncnc2c1cnn2C. The zero-order valence-corrected chi connectivity index (χ0v) is 11.4. The number of aromatic nitrogens is 4. The van der Waals surface area contributed by atoms with Gasteiger partial charge < -0.3 is 10.1 Å². The lowest BCUT2D eigenvalue weighted by molar-refractivity contribution is 0.342. The molecule has 0 unspecified atom stereocenters. The zero-order valence-electron chi connectivity index (χ0n) is 11.4. The summed E-state index contributed by atoms with van der Waals surface area (Å²) in [5.74, 6) is 1.51. The summed E-state index contributed by atoms with van der Waals surface area (Å²) >= 11 is 0. The number of fused-ring (bicyclic) bond motifs is 1. The van der Waals surface area contributed by atoms with Crippen LogP contribution in [0.25, 0.3) is 11.0 Å². The number of hydrogen-bond donors (Lipinski definition) is 1. The highest BCUT2D eigenvalue weighted by molar-refractivity contribution is 5.88. The maximum atomic E-state index is 5.60. The number of benzene rings is 1. The Morgan fingerprint density at radius 2 is 2.10 bits per heavy atom. The average molecular weight is 269 g/mol. The topological polar surface area (TPSA) is 64.9 Å². The van der Waals surface area contributed by atoms with E-state index >= 15 is 0 Å². The van der Waals surface area contributed by atoms with Crippen molar-refractivity contribution in [2.45, 2.75) is 6.92 Å². The summed E-state index contributed by atoms with van der Waals surface area (Å²) in [6.07, 6.45) is 3.27. The van der Waals surface area contributed by atoms with Crippen LogP contribution in [-0.2, 0) is 7.05 Å². The molecule has 0 bridgehead atoms. The van der Waals surface area contributed by atoms with Crippen LogP contribution in [0.2, 0.25) is 0 Å². The largest absolute Gasteiger partial charge is 0.492 e. The van der Waals surface area contributed by atoms with Gasteiger partial charge in [-0.2, -0.15) is 5.10 Å². The Bertz CT molecular complexity index is 737. The van der Waals surface area contributed by atoms with Crippen molar-refractivity contribution in [1.29, 1.82) is 0 Å². The Labute approximate surface area is 116 Å². The van der Waals surface area contributed by atoms with E-state index in [9.17, 15) is 0 Å². The predicted octanol–water partition coefficient (Wildman–Crippen LogP) is 2.51. The molecule has 0 aliphatic carbocycles. The molecule has 0 saturated heterocycles. The molecule has 1 N–H and O–H groups in total. The molecule has 0 radical (unpaired) electrons. The molecular weight excluding hydrogens is 254 g/mol. The molecule has 3 aromatic rings. The number of rotatable bonds is 4. The number of anilines is 2. The van der Waals surface area contributed by atoms with Crippen LogP contribution in [0.1, 0.15) is 6.92 Å². The van der Waals surface area contributed by atoms with Crippen molar-refractivity contribution >= 4 is 22.5 Å². The fourth-order valence-electron chi connectivity index (χ4n) is 2.04. The highest BCUT2D eigenvalue weighted by atomic mass is 16.5. The number of aryl methyl sites for hydroxylation is 1. The second kappa shape index (κ2) is 5.16. The monoisotopic (exact) mass is 269 g/mol. The molecule has 6 nitrogen and oxygen atoms in total. The van der Waals surface area contributed by atoms with Crippen LogP contribution in [0, 0.1) is 0 Å². The van der Waals surface area contributed by atoms with Crippen LogP contribution < -0.4 is 10.1 Å². The van der Waals surface area contributed by atoms with Crippen LogP contribution in [-0.4, -0.2) is 26.4 Å². The minimum absolute atomic E-state index is 0.616. The van der Waals surface area contributed by atoms with Gasteiger partial charge in [-0.15, -0.1) is 0 Å². The average Bonchev–Trinajstić information content (AvgIpc) is 2.84. The van der Waals surface area contributed by atoms with Crippen LogP contribution in [0.4, 0.5) is 11.5 Å². The van der Waals surface area contributed by atoms with Crippen molar-refractivity contribution in [3.63, 3.8) is 0 Å². The molecule has 0 aliphatic heterocycles. The third-order valence-electron chi connectivity index (χ3n) is 2.97. The Balaban J connectivity index is 2.01. The van der Waals surface area contributed by atoms with Gasteiger partial charge in [0.15, 0.2) is 5.65 Å².